The molecule has 1 unspecified atom stereocenters. The van der Waals surface area contributed by atoms with Crippen molar-refractivity contribution < 1.29 is 42.6 Å². The highest BCUT2D eigenvalue weighted by molar-refractivity contribution is 7.90. The van der Waals surface area contributed by atoms with Crippen LogP contribution in [-0.2, 0) is 16.9 Å². The fourth-order valence-electron chi connectivity index (χ4n) is 1.85. The Balaban J connectivity index is 2.16. The molecule has 1 N–H and O–H groups in total. The number of ether oxygens (including phenoxy) is 3. The molecule has 0 radical (unpaired) electrons. The molecule has 0 saturated carbocycles. The molecule has 2 aromatic heterocycles. The fourth-order valence-corrected chi connectivity index (χ4v) is 2.63. The molecule has 3 rings (SSSR count). The van der Waals surface area contributed by atoms with Gasteiger partial charge in [0.1, 0.15) is 11.4 Å². The highest BCUT2D eigenvalue weighted by Gasteiger charge is 2.22. The van der Waals surface area contributed by atoms with E-state index in [-0.39, 0.29) is 0 Å². The number of hydrogen-bond donors (Lipinski definition) is 1. The molecule has 138 valence electrons. The zero-order valence-corrected chi connectivity index (χ0v) is 13.2. The molecule has 0 amide bonds. The summed E-state index contributed by atoms with van der Waals surface area (Å²) in [5.74, 6) is -2.71. The summed E-state index contributed by atoms with van der Waals surface area (Å²) < 4.78 is 136. The number of benzene rings is 1. The van der Waals surface area contributed by atoms with E-state index >= 15 is 0 Å². The van der Waals surface area contributed by atoms with Gasteiger partial charge in [-0.05, 0) is 12.1 Å². The number of nitrogens with zero attached hydrogens (tertiary/aromatic N) is 2. The van der Waals surface area contributed by atoms with Crippen molar-refractivity contribution in [3.05, 3.63) is 36.1 Å². The number of nitrogens with one attached hydrogen (secondary N) is 1. The van der Waals surface area contributed by atoms with Crippen molar-refractivity contribution >= 4 is 22.2 Å². The van der Waals surface area contributed by atoms with Crippen LogP contribution in [0.1, 0.15) is 20.8 Å². The standard InChI is InChI=1S/C16H15F2N3O4S/c1-23-13-5-6-19-12(14(13)24-2)8-26(22)16-20-10-4-3-9(25-15(17)18)7-11(10)21-16/h3-7,15H,8H2,1-2H3,(H,20,21)/i1D3,2D3,3D,4D,7D,8D2. The third kappa shape index (κ3) is 3.81. The van der Waals surface area contributed by atoms with E-state index in [0.717, 1.165) is 12.3 Å². The number of imidazole rings is 1. The predicted molar refractivity (Wildman–Crippen MR) is 90.2 cm³/mol. The van der Waals surface area contributed by atoms with Gasteiger partial charge in [0.05, 0.1) is 40.2 Å². The Labute approximate surface area is 165 Å². The van der Waals surface area contributed by atoms with E-state index in [1.165, 1.54) is 0 Å². The van der Waals surface area contributed by atoms with Gasteiger partial charge in [-0.1, -0.05) is 0 Å². The first kappa shape index (κ1) is 8.87. The highest BCUT2D eigenvalue weighted by Crippen LogP contribution is 2.31. The molecule has 0 spiro atoms. The smallest absolute Gasteiger partial charge is 0.387 e. The summed E-state index contributed by atoms with van der Waals surface area (Å²) in [5.41, 5.74) is -5.08. The first-order valence-corrected chi connectivity index (χ1v) is 7.72. The fraction of sp³-hybridized carbons (Fsp3) is 0.250. The third-order valence-corrected chi connectivity index (χ3v) is 3.79. The van der Waals surface area contributed by atoms with Crippen molar-refractivity contribution in [2.45, 2.75) is 17.5 Å². The second kappa shape index (κ2) is 7.75. The molecule has 1 atom stereocenters. The van der Waals surface area contributed by atoms with Crippen molar-refractivity contribution in [1.29, 1.82) is 0 Å². The second-order valence-electron chi connectivity index (χ2n) is 4.41. The summed E-state index contributed by atoms with van der Waals surface area (Å²) in [5, 5.41) is -0.751. The van der Waals surface area contributed by atoms with Gasteiger partial charge in [0, 0.05) is 29.5 Å². The minimum Gasteiger partial charge on any atom is -0.609 e. The molecule has 26 heavy (non-hydrogen) atoms. The molecular formula is C16H15F2N3O4S. The van der Waals surface area contributed by atoms with Gasteiger partial charge in [0.15, 0.2) is 17.2 Å². The first-order chi connectivity index (χ1) is 16.8. The zero-order chi connectivity index (χ0) is 28.1. The minimum absolute atomic E-state index is 0.470. The number of aromatic amines is 1. The van der Waals surface area contributed by atoms with Gasteiger partial charge in [-0.25, -0.2) is 0 Å². The molecule has 0 fully saturated rings. The predicted octanol–water partition coefficient (Wildman–Crippen LogP) is 2.88. The molecule has 0 aliphatic rings. The van der Waals surface area contributed by atoms with Crippen LogP contribution >= 0.6 is 0 Å². The van der Waals surface area contributed by atoms with Crippen LogP contribution in [0.4, 0.5) is 8.78 Å². The van der Waals surface area contributed by atoms with Gasteiger partial charge >= 0.3 is 11.8 Å². The first-order valence-electron chi connectivity index (χ1n) is 12.1. The van der Waals surface area contributed by atoms with Crippen molar-refractivity contribution in [1.82, 2.24) is 15.0 Å². The lowest BCUT2D eigenvalue weighted by Gasteiger charge is -2.12. The minimum atomic E-state index is -3.43. The molecule has 0 aliphatic carbocycles. The van der Waals surface area contributed by atoms with Crippen LogP contribution < -0.4 is 14.2 Å². The molecule has 7 nitrogen and oxygen atoms in total. The SMILES string of the molecule is [2H]c1c(OC(F)F)c([2H])c2[nH]c([S+]([O-])C([2H])([2H])c3nccc(OC([2H])([2H])[2H])c3OC([2H])([2H])[2H])nc2c1[2H]. The Bertz CT molecular complexity index is 1320. The number of aromatic nitrogens is 3. The van der Waals surface area contributed by atoms with E-state index in [4.69, 9.17) is 19.8 Å². The zero-order valence-electron chi connectivity index (χ0n) is 23.4. The normalized spacial score (nSPS) is 20.1. The monoisotopic (exact) mass is 394 g/mol. The van der Waals surface area contributed by atoms with Crippen LogP contribution in [0.3, 0.4) is 0 Å². The number of hydrogen-bond acceptors (Lipinski definition) is 6. The number of halogens is 2. The molecule has 10 heteroatoms. The van der Waals surface area contributed by atoms with Gasteiger partial charge in [-0.3, -0.25) is 9.97 Å². The molecule has 1 aromatic carbocycles. The molecule has 0 saturated heterocycles. The largest absolute Gasteiger partial charge is 0.609 e. The number of rotatable bonds is 7. The number of fused-ring (bicyclic) bond motifs is 1. The summed E-state index contributed by atoms with van der Waals surface area (Å²) in [6.45, 7) is -3.43. The van der Waals surface area contributed by atoms with Gasteiger partial charge < -0.3 is 18.8 Å². The summed E-state index contributed by atoms with van der Waals surface area (Å²) in [4.78, 5) is 9.70. The van der Waals surface area contributed by atoms with E-state index in [1.807, 2.05) is 0 Å². The third-order valence-electron chi connectivity index (χ3n) is 2.87. The van der Waals surface area contributed by atoms with Crippen LogP contribution in [-0.4, -0.2) is 40.2 Å². The lowest BCUT2D eigenvalue weighted by atomic mass is 10.3. The Morgan fingerprint density at radius 3 is 3.04 bits per heavy atom. The Morgan fingerprint density at radius 1 is 1.42 bits per heavy atom. The molecule has 2 heterocycles. The second-order valence-corrected chi connectivity index (χ2v) is 5.54. The maximum atomic E-state index is 13.3. The highest BCUT2D eigenvalue weighted by atomic mass is 32.2. The molecule has 0 aliphatic heterocycles. The Morgan fingerprint density at radius 2 is 2.27 bits per heavy atom. The van der Waals surface area contributed by atoms with Crippen molar-refractivity contribution in [2.24, 2.45) is 0 Å². The summed E-state index contributed by atoms with van der Waals surface area (Å²) in [6.07, 6.45) is 0.848. The maximum Gasteiger partial charge on any atom is 0.387 e. The van der Waals surface area contributed by atoms with Crippen molar-refractivity contribution in [3.63, 3.8) is 0 Å². The lowest BCUT2D eigenvalue weighted by molar-refractivity contribution is -0.0497. The van der Waals surface area contributed by atoms with Gasteiger partial charge in [0.2, 0.25) is 0 Å². The average Bonchev–Trinajstić information content (AvgIpc) is 3.19. The number of methoxy groups -OCH3 is 2. The summed E-state index contributed by atoms with van der Waals surface area (Å²) >= 11 is -2.96. The van der Waals surface area contributed by atoms with E-state index in [0.29, 0.717) is 0 Å². The van der Waals surface area contributed by atoms with Crippen molar-refractivity contribution in [3.8, 4) is 17.2 Å². The van der Waals surface area contributed by atoms with Gasteiger partial charge in [0.25, 0.3) is 0 Å². The number of H-pyrrole nitrogens is 1. The van der Waals surface area contributed by atoms with E-state index in [2.05, 4.69) is 24.4 Å². The van der Waals surface area contributed by atoms with Gasteiger partial charge in [-0.15, -0.1) is 0 Å². The summed E-state index contributed by atoms with van der Waals surface area (Å²) in [6, 6.07) is -1.67. The summed E-state index contributed by atoms with van der Waals surface area (Å²) in [7, 11) is -6.36. The molecule has 0 bridgehead atoms. The number of alkyl halides is 2. The van der Waals surface area contributed by atoms with Gasteiger partial charge in [-0.2, -0.15) is 13.8 Å². The van der Waals surface area contributed by atoms with Crippen LogP contribution in [0, 0.1) is 0 Å². The van der Waals surface area contributed by atoms with E-state index in [9.17, 15) is 13.3 Å². The Kier molecular flexibility index (Phi) is 2.64. The van der Waals surface area contributed by atoms with E-state index < -0.39 is 94.8 Å². The lowest BCUT2D eigenvalue weighted by Crippen LogP contribution is -2.10. The quantitative estimate of drug-likeness (QED) is 0.620. The van der Waals surface area contributed by atoms with Crippen LogP contribution in [0.15, 0.2) is 35.5 Å². The molecule has 3 aromatic rings. The van der Waals surface area contributed by atoms with Crippen LogP contribution in [0.2, 0.25) is 0 Å². The topological polar surface area (TPSA) is 92.3 Å². The average molecular weight is 394 g/mol. The molecular weight excluding hydrogens is 368 g/mol. The maximum absolute atomic E-state index is 13.3. The number of pyridine rings is 1. The Hall–Kier alpha value is -2.59. The van der Waals surface area contributed by atoms with E-state index in [1.54, 1.807) is 0 Å². The van der Waals surface area contributed by atoms with Crippen molar-refractivity contribution in [2.75, 3.05) is 14.1 Å². The van der Waals surface area contributed by atoms with Crippen LogP contribution in [0.5, 0.6) is 17.2 Å². The van der Waals surface area contributed by atoms with Crippen LogP contribution in [0.25, 0.3) is 11.0 Å².